The number of ether oxygens (including phenoxy) is 1. The van der Waals surface area contributed by atoms with E-state index in [0.717, 1.165) is 44.6 Å². The van der Waals surface area contributed by atoms with Crippen LogP contribution in [0, 0.1) is 0 Å². The number of carbonyl (C=O) groups is 1. The molecule has 1 saturated heterocycles. The summed E-state index contributed by atoms with van der Waals surface area (Å²) in [4.78, 5) is 13.5. The van der Waals surface area contributed by atoms with Crippen molar-refractivity contribution in [2.75, 3.05) is 37.0 Å². The number of anilines is 2. The molecule has 1 aliphatic rings. The molecule has 0 aliphatic carbocycles. The third kappa shape index (κ3) is 7.60. The fourth-order valence-corrected chi connectivity index (χ4v) is 3.35. The number of methoxy groups -OCH3 is 1. The van der Waals surface area contributed by atoms with Crippen LogP contribution >= 0.6 is 12.2 Å². The summed E-state index contributed by atoms with van der Waals surface area (Å²) in [6.45, 7) is 3.12. The molecule has 1 aromatic rings. The summed E-state index contributed by atoms with van der Waals surface area (Å²) in [7, 11) is 1.43. The van der Waals surface area contributed by atoms with Crippen molar-refractivity contribution in [3.05, 3.63) is 24.3 Å². The summed E-state index contributed by atoms with van der Waals surface area (Å²) in [5.74, 6) is -0.140. The number of benzene rings is 1. The summed E-state index contributed by atoms with van der Waals surface area (Å²) in [6, 6.07) is 8.52. The third-order valence-electron chi connectivity index (χ3n) is 4.67. The van der Waals surface area contributed by atoms with Gasteiger partial charge in [-0.15, -0.1) is 0 Å². The first-order chi connectivity index (χ1) is 12.7. The molecule has 1 aliphatic heterocycles. The molecule has 2 N–H and O–H groups in total. The van der Waals surface area contributed by atoms with Gasteiger partial charge in [0.05, 0.1) is 7.11 Å². The molecule has 2 rings (SSSR count). The second-order valence-electron chi connectivity index (χ2n) is 6.72. The predicted molar refractivity (Wildman–Crippen MR) is 112 cm³/mol. The van der Waals surface area contributed by atoms with Crippen molar-refractivity contribution in [3.63, 3.8) is 0 Å². The lowest BCUT2D eigenvalue weighted by atomic mass is 10.2. The lowest BCUT2D eigenvalue weighted by molar-refractivity contribution is -0.140. The van der Waals surface area contributed by atoms with Gasteiger partial charge in [0.15, 0.2) is 5.11 Å². The zero-order chi connectivity index (χ0) is 18.6. The molecule has 5 nitrogen and oxygen atoms in total. The van der Waals surface area contributed by atoms with Crippen LogP contribution in [0.1, 0.15) is 51.4 Å². The number of nitrogens with one attached hydrogen (secondary N) is 2. The molecule has 1 heterocycles. The van der Waals surface area contributed by atoms with Crippen LogP contribution in [0.2, 0.25) is 0 Å². The van der Waals surface area contributed by atoms with E-state index in [2.05, 4.69) is 44.5 Å². The number of thiocarbonyl (C=S) groups is 1. The Morgan fingerprint density at radius 2 is 1.77 bits per heavy atom. The van der Waals surface area contributed by atoms with Gasteiger partial charge < -0.3 is 20.3 Å². The van der Waals surface area contributed by atoms with Crippen molar-refractivity contribution in [1.29, 1.82) is 0 Å². The molecule has 0 bridgehead atoms. The van der Waals surface area contributed by atoms with Gasteiger partial charge in [0, 0.05) is 37.4 Å². The maximum atomic E-state index is 11.0. The van der Waals surface area contributed by atoms with Crippen LogP contribution in [0.15, 0.2) is 24.3 Å². The first kappa shape index (κ1) is 20.5. The Labute approximate surface area is 162 Å². The topological polar surface area (TPSA) is 53.6 Å². The number of rotatable bonds is 8. The zero-order valence-corrected chi connectivity index (χ0v) is 16.6. The molecular formula is C20H31N3O2S. The molecule has 1 fully saturated rings. The summed E-state index contributed by atoms with van der Waals surface area (Å²) in [5.41, 5.74) is 2.30. The summed E-state index contributed by atoms with van der Waals surface area (Å²) in [5, 5.41) is 7.08. The first-order valence-corrected chi connectivity index (χ1v) is 10.1. The zero-order valence-electron chi connectivity index (χ0n) is 15.8. The predicted octanol–water partition coefficient (Wildman–Crippen LogP) is 4.09. The Kier molecular flexibility index (Phi) is 9.24. The van der Waals surface area contributed by atoms with Gasteiger partial charge in [-0.3, -0.25) is 4.79 Å². The van der Waals surface area contributed by atoms with Crippen LogP contribution in [0.3, 0.4) is 0 Å². The van der Waals surface area contributed by atoms with Crippen molar-refractivity contribution < 1.29 is 9.53 Å². The molecule has 144 valence electrons. The molecule has 0 atom stereocenters. The maximum absolute atomic E-state index is 11.0. The molecule has 0 spiro atoms. The number of hydrogen-bond donors (Lipinski definition) is 2. The molecule has 0 amide bonds. The highest BCUT2D eigenvalue weighted by molar-refractivity contribution is 7.80. The number of hydrogen-bond acceptors (Lipinski definition) is 4. The van der Waals surface area contributed by atoms with Gasteiger partial charge in [0.2, 0.25) is 0 Å². The van der Waals surface area contributed by atoms with E-state index >= 15 is 0 Å². The minimum Gasteiger partial charge on any atom is -0.469 e. The largest absolute Gasteiger partial charge is 0.469 e. The maximum Gasteiger partial charge on any atom is 0.305 e. The van der Waals surface area contributed by atoms with E-state index < -0.39 is 0 Å². The van der Waals surface area contributed by atoms with Gasteiger partial charge in [-0.05, 0) is 62.2 Å². The van der Waals surface area contributed by atoms with Crippen molar-refractivity contribution in [2.24, 2.45) is 0 Å². The van der Waals surface area contributed by atoms with Gasteiger partial charge in [0.25, 0.3) is 0 Å². The van der Waals surface area contributed by atoms with E-state index in [1.807, 2.05) is 0 Å². The minimum atomic E-state index is -0.140. The molecule has 0 saturated carbocycles. The van der Waals surface area contributed by atoms with Crippen LogP contribution < -0.4 is 15.5 Å². The number of carbonyl (C=O) groups excluding carboxylic acids is 1. The van der Waals surface area contributed by atoms with Crippen LogP contribution in [0.25, 0.3) is 0 Å². The van der Waals surface area contributed by atoms with Gasteiger partial charge in [0.1, 0.15) is 0 Å². The second-order valence-corrected chi connectivity index (χ2v) is 7.12. The molecule has 6 heteroatoms. The van der Waals surface area contributed by atoms with Crippen LogP contribution in [0.4, 0.5) is 11.4 Å². The monoisotopic (exact) mass is 377 g/mol. The van der Waals surface area contributed by atoms with E-state index in [1.54, 1.807) is 0 Å². The van der Waals surface area contributed by atoms with Crippen molar-refractivity contribution in [3.8, 4) is 0 Å². The van der Waals surface area contributed by atoms with Gasteiger partial charge >= 0.3 is 5.97 Å². The third-order valence-corrected chi connectivity index (χ3v) is 4.91. The summed E-state index contributed by atoms with van der Waals surface area (Å²) >= 11 is 5.34. The van der Waals surface area contributed by atoms with Crippen LogP contribution in [0.5, 0.6) is 0 Å². The summed E-state index contributed by atoms with van der Waals surface area (Å²) in [6.07, 6.45) is 8.57. The highest BCUT2D eigenvalue weighted by Gasteiger charge is 2.09. The van der Waals surface area contributed by atoms with Crippen LogP contribution in [-0.2, 0) is 9.53 Å². The Bertz CT molecular complexity index is 555. The number of nitrogens with zero attached hydrogens (tertiary/aromatic N) is 1. The normalized spacial score (nSPS) is 14.4. The molecule has 26 heavy (non-hydrogen) atoms. The SMILES string of the molecule is COC(=O)CCCCCNC(=S)Nc1ccc(N2CCCCCC2)cc1. The van der Waals surface area contributed by atoms with Gasteiger partial charge in [-0.1, -0.05) is 19.3 Å². The van der Waals surface area contributed by atoms with Crippen LogP contribution in [-0.4, -0.2) is 37.8 Å². The smallest absolute Gasteiger partial charge is 0.305 e. The van der Waals surface area contributed by atoms with Crippen molar-refractivity contribution in [1.82, 2.24) is 5.32 Å². The van der Waals surface area contributed by atoms with E-state index in [4.69, 9.17) is 12.2 Å². The van der Waals surface area contributed by atoms with E-state index in [9.17, 15) is 4.79 Å². The standard InChI is InChI=1S/C20H31N3O2S/c1-25-19(24)9-5-4-6-14-21-20(26)22-17-10-12-18(13-11-17)23-15-7-2-3-8-16-23/h10-13H,2-9,14-16H2,1H3,(H2,21,22,26). The average molecular weight is 378 g/mol. The Morgan fingerprint density at radius 1 is 1.08 bits per heavy atom. The first-order valence-electron chi connectivity index (χ1n) is 9.66. The molecular weight excluding hydrogens is 346 g/mol. The molecule has 0 unspecified atom stereocenters. The minimum absolute atomic E-state index is 0.140. The highest BCUT2D eigenvalue weighted by atomic mass is 32.1. The molecule has 0 aromatic heterocycles. The molecule has 0 radical (unpaired) electrons. The van der Waals surface area contributed by atoms with E-state index in [0.29, 0.717) is 11.5 Å². The van der Waals surface area contributed by atoms with Gasteiger partial charge in [-0.2, -0.15) is 0 Å². The molecule has 1 aromatic carbocycles. The fourth-order valence-electron chi connectivity index (χ4n) is 3.13. The van der Waals surface area contributed by atoms with Gasteiger partial charge in [-0.25, -0.2) is 0 Å². The lowest BCUT2D eigenvalue weighted by Gasteiger charge is -2.23. The van der Waals surface area contributed by atoms with Crippen molar-refractivity contribution in [2.45, 2.75) is 51.4 Å². The Balaban J connectivity index is 1.64. The van der Waals surface area contributed by atoms with Crippen molar-refractivity contribution >= 4 is 34.7 Å². The quantitative estimate of drug-likeness (QED) is 0.404. The van der Waals surface area contributed by atoms with E-state index in [-0.39, 0.29) is 5.97 Å². The average Bonchev–Trinajstić information content (AvgIpc) is 2.94. The fraction of sp³-hybridized carbons (Fsp3) is 0.600. The number of unbranched alkanes of at least 4 members (excludes halogenated alkanes) is 2. The lowest BCUT2D eigenvalue weighted by Crippen LogP contribution is -2.29. The Hall–Kier alpha value is -1.82. The number of esters is 1. The van der Waals surface area contributed by atoms with E-state index in [1.165, 1.54) is 38.5 Å². The highest BCUT2D eigenvalue weighted by Crippen LogP contribution is 2.21. The second kappa shape index (κ2) is 11.7. The summed E-state index contributed by atoms with van der Waals surface area (Å²) < 4.78 is 4.63. The Morgan fingerprint density at radius 3 is 2.42 bits per heavy atom.